The number of aliphatic hydroxyl groups is 1. The van der Waals surface area contributed by atoms with Gasteiger partial charge in [0.05, 0.1) is 11.0 Å². The molecule has 0 bridgehead atoms. The normalized spacial score (nSPS) is 12.2. The molecule has 0 aliphatic carbocycles. The molecule has 2 N–H and O–H groups in total. The molecule has 0 aromatic heterocycles. The minimum Gasteiger partial charge on any atom is -0.393 e. The predicted molar refractivity (Wildman–Crippen MR) is 75.9 cm³/mol. The number of hydrogen-bond donors (Lipinski definition) is 2. The van der Waals surface area contributed by atoms with Gasteiger partial charge in [0.2, 0.25) is 0 Å². The molecule has 1 aromatic rings. The monoisotopic (exact) mass is 300 g/mol. The molecule has 7 heteroatoms. The van der Waals surface area contributed by atoms with Crippen LogP contribution < -0.4 is 5.32 Å². The number of carbonyl (C=O) groups excluding carboxylic acids is 1. The largest absolute Gasteiger partial charge is 0.393 e. The number of benzene rings is 1. The fraction of sp³-hybridized carbons (Fsp3) is 0.462. The summed E-state index contributed by atoms with van der Waals surface area (Å²) in [6.45, 7) is 4.11. The van der Waals surface area contributed by atoms with Gasteiger partial charge in [0.1, 0.15) is 5.02 Å². The molecule has 0 aliphatic heterocycles. The number of nitro groups is 1. The van der Waals surface area contributed by atoms with Crippen LogP contribution >= 0.6 is 11.6 Å². The standard InChI is InChI=1S/C13H17ClN2O4/c1-8(2)12(17)5-6-15-13(18)9-3-4-11(16(19)20)10(14)7-9/h3-4,7-8,12,17H,5-6H2,1-2H3,(H,15,18)/t12-/m1/s1. The van der Waals surface area contributed by atoms with Crippen LogP contribution in [0.1, 0.15) is 30.6 Å². The van der Waals surface area contributed by atoms with E-state index in [-0.39, 0.29) is 28.1 Å². The van der Waals surface area contributed by atoms with Gasteiger partial charge in [-0.1, -0.05) is 25.4 Å². The van der Waals surface area contributed by atoms with Gasteiger partial charge in [-0.3, -0.25) is 14.9 Å². The Labute approximate surface area is 121 Å². The van der Waals surface area contributed by atoms with Crippen LogP contribution in [-0.2, 0) is 0 Å². The number of nitro benzene ring substituents is 1. The van der Waals surface area contributed by atoms with Crippen LogP contribution in [0.5, 0.6) is 0 Å². The van der Waals surface area contributed by atoms with Gasteiger partial charge in [0.25, 0.3) is 11.6 Å². The average Bonchev–Trinajstić information content (AvgIpc) is 2.37. The maximum absolute atomic E-state index is 11.8. The van der Waals surface area contributed by atoms with Gasteiger partial charge in [-0.15, -0.1) is 0 Å². The number of nitrogens with one attached hydrogen (secondary N) is 1. The molecular formula is C13H17ClN2O4. The van der Waals surface area contributed by atoms with Gasteiger partial charge >= 0.3 is 0 Å². The molecule has 0 saturated heterocycles. The number of halogens is 1. The van der Waals surface area contributed by atoms with Gasteiger partial charge in [-0.05, 0) is 24.5 Å². The van der Waals surface area contributed by atoms with E-state index in [0.29, 0.717) is 13.0 Å². The molecule has 1 atom stereocenters. The van der Waals surface area contributed by atoms with Crippen molar-refractivity contribution < 1.29 is 14.8 Å². The first kappa shape index (κ1) is 16.4. The van der Waals surface area contributed by atoms with Crippen molar-refractivity contribution in [2.75, 3.05) is 6.54 Å². The summed E-state index contributed by atoms with van der Waals surface area (Å²) in [6.07, 6.45) is -0.0276. The lowest BCUT2D eigenvalue weighted by molar-refractivity contribution is -0.384. The van der Waals surface area contributed by atoms with Crippen molar-refractivity contribution >= 4 is 23.2 Å². The van der Waals surface area contributed by atoms with E-state index in [4.69, 9.17) is 11.6 Å². The molecule has 1 amide bonds. The third-order valence-electron chi connectivity index (χ3n) is 2.90. The maximum Gasteiger partial charge on any atom is 0.287 e. The van der Waals surface area contributed by atoms with Crippen molar-refractivity contribution in [1.82, 2.24) is 5.32 Å². The maximum atomic E-state index is 11.8. The van der Waals surface area contributed by atoms with Gasteiger partial charge < -0.3 is 10.4 Å². The summed E-state index contributed by atoms with van der Waals surface area (Å²) in [5, 5.41) is 22.8. The number of aliphatic hydroxyl groups excluding tert-OH is 1. The molecule has 0 aliphatic rings. The van der Waals surface area contributed by atoms with E-state index in [9.17, 15) is 20.0 Å². The highest BCUT2D eigenvalue weighted by Crippen LogP contribution is 2.24. The number of amides is 1. The Balaban J connectivity index is 2.60. The fourth-order valence-corrected chi connectivity index (χ4v) is 1.81. The zero-order valence-electron chi connectivity index (χ0n) is 11.3. The summed E-state index contributed by atoms with van der Waals surface area (Å²) in [6, 6.07) is 3.80. The second-order valence-electron chi connectivity index (χ2n) is 4.78. The molecule has 1 rings (SSSR count). The van der Waals surface area contributed by atoms with Crippen molar-refractivity contribution in [2.45, 2.75) is 26.4 Å². The van der Waals surface area contributed by atoms with Crippen LogP contribution in [0.25, 0.3) is 0 Å². The van der Waals surface area contributed by atoms with Crippen molar-refractivity contribution in [3.8, 4) is 0 Å². The summed E-state index contributed by atoms with van der Waals surface area (Å²) in [4.78, 5) is 21.8. The van der Waals surface area contributed by atoms with Gasteiger partial charge in [0, 0.05) is 18.2 Å². The van der Waals surface area contributed by atoms with E-state index < -0.39 is 11.0 Å². The Bertz CT molecular complexity index is 505. The predicted octanol–water partition coefficient (Wildman–Crippen LogP) is 2.39. The second-order valence-corrected chi connectivity index (χ2v) is 5.19. The zero-order valence-corrected chi connectivity index (χ0v) is 12.1. The minimum absolute atomic E-state index is 0.0788. The van der Waals surface area contributed by atoms with Gasteiger partial charge in [-0.2, -0.15) is 0 Å². The topological polar surface area (TPSA) is 92.5 Å². The number of nitrogens with zero attached hydrogens (tertiary/aromatic N) is 1. The molecule has 0 spiro atoms. The molecular weight excluding hydrogens is 284 g/mol. The summed E-state index contributed by atoms with van der Waals surface area (Å²) in [5.74, 6) is -0.251. The van der Waals surface area contributed by atoms with E-state index in [1.54, 1.807) is 0 Å². The first-order chi connectivity index (χ1) is 9.32. The molecule has 1 aromatic carbocycles. The van der Waals surface area contributed by atoms with Crippen molar-refractivity contribution in [3.05, 3.63) is 38.9 Å². The molecule has 0 saturated carbocycles. The highest BCUT2D eigenvalue weighted by atomic mass is 35.5. The first-order valence-corrected chi connectivity index (χ1v) is 6.61. The molecule has 20 heavy (non-hydrogen) atoms. The van der Waals surface area contributed by atoms with Crippen LogP contribution in [0.15, 0.2) is 18.2 Å². The van der Waals surface area contributed by atoms with Crippen LogP contribution in [-0.4, -0.2) is 28.6 Å². The van der Waals surface area contributed by atoms with Crippen molar-refractivity contribution in [2.24, 2.45) is 5.92 Å². The average molecular weight is 301 g/mol. The van der Waals surface area contributed by atoms with Crippen LogP contribution in [0.2, 0.25) is 5.02 Å². The Morgan fingerprint density at radius 2 is 2.15 bits per heavy atom. The number of hydrogen-bond acceptors (Lipinski definition) is 4. The Morgan fingerprint density at radius 3 is 2.65 bits per heavy atom. The van der Waals surface area contributed by atoms with Crippen LogP contribution in [0.4, 0.5) is 5.69 Å². The Morgan fingerprint density at radius 1 is 1.50 bits per heavy atom. The van der Waals surface area contributed by atoms with Crippen molar-refractivity contribution in [3.63, 3.8) is 0 Å². The van der Waals surface area contributed by atoms with Gasteiger partial charge in [-0.25, -0.2) is 0 Å². The van der Waals surface area contributed by atoms with E-state index in [2.05, 4.69) is 5.32 Å². The molecule has 0 radical (unpaired) electrons. The van der Waals surface area contributed by atoms with E-state index in [1.165, 1.54) is 18.2 Å². The quantitative estimate of drug-likeness (QED) is 0.623. The third kappa shape index (κ3) is 4.47. The Kier molecular flexibility index (Phi) is 5.91. The summed E-state index contributed by atoms with van der Waals surface area (Å²) < 4.78 is 0. The molecule has 0 heterocycles. The SMILES string of the molecule is CC(C)[C@H](O)CCNC(=O)c1ccc([N+](=O)[O-])c(Cl)c1. The Hall–Kier alpha value is -1.66. The van der Waals surface area contributed by atoms with Crippen molar-refractivity contribution in [1.29, 1.82) is 0 Å². The third-order valence-corrected chi connectivity index (χ3v) is 3.20. The number of carbonyl (C=O) groups is 1. The van der Waals surface area contributed by atoms with E-state index >= 15 is 0 Å². The van der Waals surface area contributed by atoms with E-state index in [0.717, 1.165) is 0 Å². The number of rotatable bonds is 6. The highest BCUT2D eigenvalue weighted by molar-refractivity contribution is 6.33. The lowest BCUT2D eigenvalue weighted by atomic mass is 10.0. The first-order valence-electron chi connectivity index (χ1n) is 6.23. The summed E-state index contributed by atoms with van der Waals surface area (Å²) in [5.41, 5.74) is 0.0121. The van der Waals surface area contributed by atoms with E-state index in [1.807, 2.05) is 13.8 Å². The molecule has 0 fully saturated rings. The minimum atomic E-state index is -0.608. The molecule has 110 valence electrons. The lowest BCUT2D eigenvalue weighted by Gasteiger charge is -2.14. The fourth-order valence-electron chi connectivity index (χ4n) is 1.57. The summed E-state index contributed by atoms with van der Waals surface area (Å²) in [7, 11) is 0. The smallest absolute Gasteiger partial charge is 0.287 e. The molecule has 0 unspecified atom stereocenters. The summed E-state index contributed by atoms with van der Waals surface area (Å²) >= 11 is 5.73. The van der Waals surface area contributed by atoms with Crippen LogP contribution in [0, 0.1) is 16.0 Å². The zero-order chi connectivity index (χ0) is 15.3. The van der Waals surface area contributed by atoms with Crippen LogP contribution in [0.3, 0.4) is 0 Å². The second kappa shape index (κ2) is 7.21. The lowest BCUT2D eigenvalue weighted by Crippen LogP contribution is -2.28. The molecule has 6 nitrogen and oxygen atoms in total. The highest BCUT2D eigenvalue weighted by Gasteiger charge is 2.15. The van der Waals surface area contributed by atoms with Gasteiger partial charge in [0.15, 0.2) is 0 Å².